The van der Waals surface area contributed by atoms with Crippen LogP contribution < -0.4 is 5.46 Å². The van der Waals surface area contributed by atoms with E-state index in [1.165, 1.54) is 120 Å². The Kier molecular flexibility index (Phi) is 18.5. The summed E-state index contributed by atoms with van der Waals surface area (Å²) >= 11 is 6.08. The molecule has 106 heavy (non-hydrogen) atoms. The molecular weight excluding hydrogens is 1320 g/mol. The summed E-state index contributed by atoms with van der Waals surface area (Å²) in [6, 6.07) is 106. The molecule has 3 heterocycles. The molecule has 14 aromatic rings. The van der Waals surface area contributed by atoms with Crippen LogP contribution in [0.1, 0.15) is 114 Å². The van der Waals surface area contributed by atoms with Gasteiger partial charge in [-0.25, -0.2) is 29.9 Å². The predicted molar refractivity (Wildman–Crippen MR) is 434 cm³/mol. The Morgan fingerprint density at radius 3 is 0.981 bits per heavy atom. The third kappa shape index (κ3) is 13.2. The molecule has 0 atom stereocenters. The zero-order valence-corrected chi connectivity index (χ0v) is 61.1. The molecule has 1 saturated heterocycles. The van der Waals surface area contributed by atoms with Crippen LogP contribution in [0.3, 0.4) is 0 Å². The molecule has 0 amide bonds. The highest BCUT2D eigenvalue weighted by molar-refractivity contribution is 6.62. The van der Waals surface area contributed by atoms with E-state index in [9.17, 15) is 0 Å². The third-order valence-corrected chi connectivity index (χ3v) is 23.1. The standard InChI is InChI=1S/C45H35N3.C27H18ClN3.C24H29BO2/c1-4-13-31(14-5-1)35-17-12-18-37(29-35)44-47-42(33-15-6-2-7-16-33)46-43(48-44)34-23-21-32(22-24-34)36-25-26-41-39(30-36)38-19-8-9-20-40(38)45(41)27-10-3-11-28-45;28-24-16-14-21(15-17-24)26-29-25(20-10-5-2-6-11-20)30-27(31-26)23-13-7-12-22(18-23)19-8-3-1-4-9-19;1-22(2)23(3,4)27-25(26-22)17-12-13-21-19(16-17)18-10-6-7-11-20(18)24(21)14-8-5-9-15-24/h1-2,4-9,12-26,29-30H,3,10-11,27-28H2;1-18H;6-7,10-13,16H,5,8-9,14-15H2,1-4H3. The first-order valence-electron chi connectivity index (χ1n) is 37.5. The number of hydrogen-bond donors (Lipinski definition) is 0. The monoisotopic (exact) mass is 1400 g/mol. The van der Waals surface area contributed by atoms with Gasteiger partial charge in [-0.2, -0.15) is 0 Å². The first-order valence-corrected chi connectivity index (χ1v) is 37.9. The second-order valence-corrected chi connectivity index (χ2v) is 30.3. The van der Waals surface area contributed by atoms with Gasteiger partial charge in [0.05, 0.1) is 11.2 Å². The van der Waals surface area contributed by atoms with E-state index in [0.717, 1.165) is 61.1 Å². The lowest BCUT2D eigenvalue weighted by molar-refractivity contribution is 0.00578. The fourth-order valence-corrected chi connectivity index (χ4v) is 16.8. The van der Waals surface area contributed by atoms with Crippen LogP contribution in [0.25, 0.3) is 124 Å². The Balaban J connectivity index is 0.000000124. The van der Waals surface area contributed by atoms with E-state index in [1.807, 2.05) is 109 Å². The van der Waals surface area contributed by atoms with E-state index in [-0.39, 0.29) is 29.2 Å². The first-order chi connectivity index (χ1) is 51.8. The van der Waals surface area contributed by atoms with Crippen molar-refractivity contribution in [1.82, 2.24) is 29.9 Å². The molecule has 0 N–H and O–H groups in total. The van der Waals surface area contributed by atoms with Crippen molar-refractivity contribution in [2.24, 2.45) is 0 Å². The fourth-order valence-electron chi connectivity index (χ4n) is 16.7. The first kappa shape index (κ1) is 68.1. The predicted octanol–water partition coefficient (Wildman–Crippen LogP) is 23.8. The van der Waals surface area contributed by atoms with Crippen molar-refractivity contribution >= 4 is 24.2 Å². The summed E-state index contributed by atoms with van der Waals surface area (Å²) in [6.45, 7) is 8.47. The number of rotatable bonds is 10. The lowest BCUT2D eigenvalue weighted by Crippen LogP contribution is -2.41. The van der Waals surface area contributed by atoms with Gasteiger partial charge in [-0.15, -0.1) is 0 Å². The van der Waals surface area contributed by atoms with Crippen molar-refractivity contribution in [1.29, 1.82) is 0 Å². The SMILES string of the molecule is CC1(C)OB(c2ccc3c(c2)-c2ccccc2C32CCCCC2)OC1(C)C.Clc1ccc(-c2nc(-c3ccccc3)nc(-c3cccc(-c4ccccc4)c3)n2)cc1.c1ccc(-c2cccc(-c3nc(-c4ccccc4)nc(-c4ccc(-c5ccc6c(c5)-c5ccccc5C65CCCCC5)cc4)n3)c2)cc1. The molecule has 518 valence electrons. The van der Waals surface area contributed by atoms with E-state index in [2.05, 4.69) is 222 Å². The minimum Gasteiger partial charge on any atom is -0.399 e. The van der Waals surface area contributed by atoms with E-state index in [1.54, 1.807) is 0 Å². The normalized spacial score (nSPS) is 15.8. The minimum atomic E-state index is -0.306. The quantitative estimate of drug-likeness (QED) is 0.125. The Hall–Kier alpha value is -11.1. The van der Waals surface area contributed by atoms with Gasteiger partial charge in [0, 0.05) is 49.2 Å². The summed E-state index contributed by atoms with van der Waals surface area (Å²) < 4.78 is 12.6. The van der Waals surface area contributed by atoms with Crippen LogP contribution in [0.4, 0.5) is 0 Å². The van der Waals surface area contributed by atoms with Gasteiger partial charge in [0.2, 0.25) is 0 Å². The van der Waals surface area contributed by atoms with Gasteiger partial charge in [-0.05, 0) is 179 Å². The smallest absolute Gasteiger partial charge is 0.399 e. The lowest BCUT2D eigenvalue weighted by atomic mass is 9.67. The second kappa shape index (κ2) is 28.8. The number of fused-ring (bicyclic) bond motifs is 10. The van der Waals surface area contributed by atoms with Crippen molar-refractivity contribution in [3.63, 3.8) is 0 Å². The van der Waals surface area contributed by atoms with E-state index in [4.69, 9.17) is 50.8 Å². The highest BCUT2D eigenvalue weighted by Crippen LogP contribution is 2.58. The second-order valence-electron chi connectivity index (χ2n) is 29.9. The van der Waals surface area contributed by atoms with Crippen LogP contribution in [-0.2, 0) is 20.1 Å². The number of aromatic nitrogens is 6. The van der Waals surface area contributed by atoms with Gasteiger partial charge in [-0.1, -0.05) is 311 Å². The van der Waals surface area contributed by atoms with Crippen molar-refractivity contribution in [2.45, 2.75) is 114 Å². The molecule has 2 aromatic heterocycles. The average molecular weight is 1400 g/mol. The molecule has 10 heteroatoms. The lowest BCUT2D eigenvalue weighted by Gasteiger charge is -2.36. The summed E-state index contributed by atoms with van der Waals surface area (Å²) in [7, 11) is -0.296. The van der Waals surface area contributed by atoms with E-state index >= 15 is 0 Å². The largest absolute Gasteiger partial charge is 0.494 e. The van der Waals surface area contributed by atoms with E-state index in [0.29, 0.717) is 40.0 Å². The van der Waals surface area contributed by atoms with Crippen LogP contribution in [0.5, 0.6) is 0 Å². The van der Waals surface area contributed by atoms with Crippen LogP contribution in [0, 0.1) is 0 Å². The van der Waals surface area contributed by atoms with Gasteiger partial charge in [-0.3, -0.25) is 0 Å². The molecule has 4 aliphatic carbocycles. The number of hydrogen-bond acceptors (Lipinski definition) is 8. The Morgan fingerprint density at radius 2 is 0.547 bits per heavy atom. The highest BCUT2D eigenvalue weighted by Gasteiger charge is 2.53. The average Bonchev–Trinajstić information content (AvgIpc) is 1.56. The molecule has 2 spiro atoms. The van der Waals surface area contributed by atoms with Crippen LogP contribution in [0.2, 0.25) is 5.02 Å². The third-order valence-electron chi connectivity index (χ3n) is 22.9. The maximum absolute atomic E-state index is 6.31. The zero-order valence-electron chi connectivity index (χ0n) is 60.4. The van der Waals surface area contributed by atoms with Crippen LogP contribution in [-0.4, -0.2) is 48.2 Å². The van der Waals surface area contributed by atoms with Crippen molar-refractivity contribution < 1.29 is 9.31 Å². The molecule has 1 aliphatic heterocycles. The molecule has 0 bridgehead atoms. The summed E-state index contributed by atoms with van der Waals surface area (Å²) in [6.07, 6.45) is 13.0. The summed E-state index contributed by atoms with van der Waals surface area (Å²) in [5.74, 6) is 3.88. The minimum absolute atomic E-state index is 0.181. The fraction of sp³-hybridized carbons (Fsp3) is 0.188. The zero-order chi connectivity index (χ0) is 71.8. The maximum Gasteiger partial charge on any atom is 0.494 e. The summed E-state index contributed by atoms with van der Waals surface area (Å²) in [5, 5.41) is 0.678. The topological polar surface area (TPSA) is 95.8 Å². The number of halogens is 1. The molecular formula is C96H82BClN6O2. The number of nitrogens with zero attached hydrogens (tertiary/aromatic N) is 6. The Labute approximate surface area is 627 Å². The Bertz CT molecular complexity index is 5490. The molecule has 5 aliphatic rings. The van der Waals surface area contributed by atoms with Crippen molar-refractivity contribution in [3.05, 3.63) is 331 Å². The summed E-state index contributed by atoms with van der Waals surface area (Å²) in [5.41, 5.74) is 25.3. The highest BCUT2D eigenvalue weighted by atomic mass is 35.5. The Morgan fingerprint density at radius 1 is 0.255 bits per heavy atom. The van der Waals surface area contributed by atoms with Crippen LogP contribution in [0.15, 0.2) is 303 Å². The summed E-state index contributed by atoms with van der Waals surface area (Å²) in [4.78, 5) is 29.3. The number of benzene rings is 12. The van der Waals surface area contributed by atoms with Crippen LogP contribution >= 0.6 is 11.6 Å². The van der Waals surface area contributed by atoms with Crippen molar-refractivity contribution in [2.75, 3.05) is 0 Å². The van der Waals surface area contributed by atoms with Gasteiger partial charge < -0.3 is 9.31 Å². The molecule has 12 aromatic carbocycles. The molecule has 0 unspecified atom stereocenters. The molecule has 2 saturated carbocycles. The van der Waals surface area contributed by atoms with Gasteiger partial charge in [0.15, 0.2) is 34.9 Å². The molecule has 3 fully saturated rings. The molecule has 0 radical (unpaired) electrons. The molecule has 19 rings (SSSR count). The van der Waals surface area contributed by atoms with Crippen molar-refractivity contribution in [3.8, 4) is 124 Å². The van der Waals surface area contributed by atoms with E-state index < -0.39 is 0 Å². The van der Waals surface area contributed by atoms with Gasteiger partial charge >= 0.3 is 7.12 Å². The molecule has 8 nitrogen and oxygen atoms in total. The maximum atomic E-state index is 6.31. The van der Waals surface area contributed by atoms with Gasteiger partial charge in [0.25, 0.3) is 0 Å². The van der Waals surface area contributed by atoms with Gasteiger partial charge in [0.1, 0.15) is 0 Å².